The number of amides is 1. The normalized spacial score (nSPS) is 14.3. The van der Waals surface area contributed by atoms with Crippen molar-refractivity contribution in [2.45, 2.75) is 33.1 Å². The van der Waals surface area contributed by atoms with Crippen LogP contribution in [0.15, 0.2) is 29.3 Å². The predicted octanol–water partition coefficient (Wildman–Crippen LogP) is 2.40. The van der Waals surface area contributed by atoms with Crippen molar-refractivity contribution in [2.75, 3.05) is 38.2 Å². The summed E-state index contributed by atoms with van der Waals surface area (Å²) in [7, 11) is 1.78. The van der Waals surface area contributed by atoms with E-state index in [1.165, 1.54) is 6.42 Å². The fourth-order valence-electron chi connectivity index (χ4n) is 2.78. The molecule has 1 heterocycles. The molecule has 0 unspecified atom stereocenters. The van der Waals surface area contributed by atoms with E-state index in [-0.39, 0.29) is 12.5 Å². The highest BCUT2D eigenvalue weighted by molar-refractivity contribution is 5.97. The fraction of sp³-hybridized carbons (Fsp3) is 0.579. The van der Waals surface area contributed by atoms with E-state index in [1.54, 1.807) is 11.9 Å². The molecule has 0 atom stereocenters. The maximum absolute atomic E-state index is 12.1. The Morgan fingerprint density at radius 1 is 1.24 bits per heavy atom. The smallest absolute Gasteiger partial charge is 0.265 e. The molecule has 6 heteroatoms. The van der Waals surface area contributed by atoms with E-state index in [0.29, 0.717) is 6.54 Å². The minimum absolute atomic E-state index is 0.00916. The van der Waals surface area contributed by atoms with Gasteiger partial charge < -0.3 is 20.3 Å². The number of nitrogens with one attached hydrogen (secondary N) is 2. The first-order valence-electron chi connectivity index (χ1n) is 9.08. The van der Waals surface area contributed by atoms with Crippen LogP contribution in [0.4, 0.5) is 5.69 Å². The molecule has 2 N–H and O–H groups in total. The number of guanidine groups is 1. The van der Waals surface area contributed by atoms with Crippen molar-refractivity contribution in [3.05, 3.63) is 24.3 Å². The zero-order chi connectivity index (χ0) is 18.1. The second-order valence-corrected chi connectivity index (χ2v) is 6.62. The number of benzene rings is 1. The third-order valence-electron chi connectivity index (χ3n) is 4.13. The molecule has 0 saturated heterocycles. The van der Waals surface area contributed by atoms with Crippen LogP contribution in [0.5, 0.6) is 5.75 Å². The number of carbonyl (C=O) groups is 1. The van der Waals surface area contributed by atoms with Crippen LogP contribution in [-0.4, -0.2) is 45.2 Å². The number of anilines is 1. The summed E-state index contributed by atoms with van der Waals surface area (Å²) in [5, 5.41) is 6.63. The highest BCUT2D eigenvalue weighted by Crippen LogP contribution is 2.31. The van der Waals surface area contributed by atoms with Gasteiger partial charge in [-0.2, -0.15) is 0 Å². The zero-order valence-electron chi connectivity index (χ0n) is 15.5. The summed E-state index contributed by atoms with van der Waals surface area (Å²) in [6, 6.07) is 7.67. The van der Waals surface area contributed by atoms with Gasteiger partial charge in [0.25, 0.3) is 5.91 Å². The third-order valence-corrected chi connectivity index (χ3v) is 4.13. The van der Waals surface area contributed by atoms with Gasteiger partial charge in [0.2, 0.25) is 0 Å². The number of fused-ring (bicyclic) bond motifs is 1. The molecule has 0 radical (unpaired) electrons. The quantitative estimate of drug-likeness (QED) is 0.431. The lowest BCUT2D eigenvalue weighted by Crippen LogP contribution is -2.42. The van der Waals surface area contributed by atoms with Gasteiger partial charge in [0.15, 0.2) is 12.6 Å². The Kier molecular flexibility index (Phi) is 7.57. The molecule has 1 aliphatic heterocycles. The largest absolute Gasteiger partial charge is 0.482 e. The first-order chi connectivity index (χ1) is 12.1. The van der Waals surface area contributed by atoms with Crippen molar-refractivity contribution in [3.8, 4) is 5.75 Å². The second-order valence-electron chi connectivity index (χ2n) is 6.62. The topological polar surface area (TPSA) is 66.0 Å². The van der Waals surface area contributed by atoms with Gasteiger partial charge in [-0.3, -0.25) is 9.79 Å². The zero-order valence-corrected chi connectivity index (χ0v) is 15.5. The minimum atomic E-state index is 0.00916. The average molecular weight is 346 g/mol. The SMILES string of the molecule is CN=C(NCCCC(C)C)NCCCN1C(=O)COc2ccccc21. The van der Waals surface area contributed by atoms with Crippen LogP contribution in [0, 0.1) is 5.92 Å². The highest BCUT2D eigenvalue weighted by Gasteiger charge is 2.24. The summed E-state index contributed by atoms with van der Waals surface area (Å²) in [5.74, 6) is 2.33. The van der Waals surface area contributed by atoms with E-state index in [4.69, 9.17) is 4.74 Å². The number of aliphatic imine (C=N–C) groups is 1. The Morgan fingerprint density at radius 3 is 2.68 bits per heavy atom. The molecule has 138 valence electrons. The highest BCUT2D eigenvalue weighted by atomic mass is 16.5. The molecule has 0 aromatic heterocycles. The Hall–Kier alpha value is -2.24. The monoisotopic (exact) mass is 346 g/mol. The summed E-state index contributed by atoms with van der Waals surface area (Å²) in [5.41, 5.74) is 0.856. The van der Waals surface area contributed by atoms with Crippen molar-refractivity contribution in [1.29, 1.82) is 0 Å². The fourth-order valence-corrected chi connectivity index (χ4v) is 2.78. The molecule has 0 aliphatic carbocycles. The summed E-state index contributed by atoms with van der Waals surface area (Å²) in [6.45, 7) is 6.93. The van der Waals surface area contributed by atoms with Crippen LogP contribution >= 0.6 is 0 Å². The Balaban J connectivity index is 1.72. The number of nitrogens with zero attached hydrogens (tertiary/aromatic N) is 2. The predicted molar refractivity (Wildman–Crippen MR) is 102 cm³/mol. The second kappa shape index (κ2) is 9.91. The molecule has 1 aromatic carbocycles. The summed E-state index contributed by atoms with van der Waals surface area (Å²) in [6.07, 6.45) is 3.19. The first-order valence-corrected chi connectivity index (χ1v) is 9.08. The van der Waals surface area contributed by atoms with Crippen molar-refractivity contribution >= 4 is 17.6 Å². The summed E-state index contributed by atoms with van der Waals surface area (Å²) >= 11 is 0. The van der Waals surface area contributed by atoms with Crippen molar-refractivity contribution in [2.24, 2.45) is 10.9 Å². The van der Waals surface area contributed by atoms with Gasteiger partial charge in [0.05, 0.1) is 5.69 Å². The van der Waals surface area contributed by atoms with Gasteiger partial charge in [-0.25, -0.2) is 0 Å². The van der Waals surface area contributed by atoms with Gasteiger partial charge >= 0.3 is 0 Å². The molecule has 25 heavy (non-hydrogen) atoms. The Morgan fingerprint density at radius 2 is 1.96 bits per heavy atom. The number of carbonyl (C=O) groups excluding carboxylic acids is 1. The van der Waals surface area contributed by atoms with Crippen molar-refractivity contribution in [3.63, 3.8) is 0 Å². The van der Waals surface area contributed by atoms with E-state index >= 15 is 0 Å². The van der Waals surface area contributed by atoms with E-state index < -0.39 is 0 Å². The molecule has 1 aromatic rings. The molecule has 0 spiro atoms. The van der Waals surface area contributed by atoms with E-state index in [0.717, 1.165) is 49.2 Å². The van der Waals surface area contributed by atoms with E-state index in [2.05, 4.69) is 29.5 Å². The average Bonchev–Trinajstić information content (AvgIpc) is 2.61. The van der Waals surface area contributed by atoms with Gasteiger partial charge in [-0.15, -0.1) is 0 Å². The third kappa shape index (κ3) is 5.96. The molecule has 0 fully saturated rings. The van der Waals surface area contributed by atoms with E-state index in [1.807, 2.05) is 24.3 Å². The lowest BCUT2D eigenvalue weighted by molar-refractivity contribution is -0.121. The minimum Gasteiger partial charge on any atom is -0.482 e. The van der Waals surface area contributed by atoms with Crippen LogP contribution in [-0.2, 0) is 4.79 Å². The number of para-hydroxylation sites is 2. The van der Waals surface area contributed by atoms with Crippen LogP contribution in [0.25, 0.3) is 0 Å². The molecule has 2 rings (SSSR count). The van der Waals surface area contributed by atoms with Gasteiger partial charge in [0, 0.05) is 26.7 Å². The molecule has 6 nitrogen and oxygen atoms in total. The Labute approximate surface area is 150 Å². The van der Waals surface area contributed by atoms with E-state index in [9.17, 15) is 4.79 Å². The van der Waals surface area contributed by atoms with Crippen LogP contribution in [0.1, 0.15) is 33.1 Å². The summed E-state index contributed by atoms with van der Waals surface area (Å²) < 4.78 is 5.46. The van der Waals surface area contributed by atoms with Crippen LogP contribution < -0.4 is 20.3 Å². The standard InChI is InChI=1S/C19H30N4O2/c1-15(2)8-6-11-21-19(20-3)22-12-7-13-23-16-9-4-5-10-17(16)25-14-18(23)24/h4-5,9-10,15H,6-8,11-14H2,1-3H3,(H2,20,21,22). The van der Waals surface area contributed by atoms with Crippen LogP contribution in [0.2, 0.25) is 0 Å². The lowest BCUT2D eigenvalue weighted by atomic mass is 10.1. The molecule has 0 bridgehead atoms. The maximum atomic E-state index is 12.1. The molecule has 1 amide bonds. The van der Waals surface area contributed by atoms with Gasteiger partial charge in [0.1, 0.15) is 5.75 Å². The lowest BCUT2D eigenvalue weighted by Gasteiger charge is -2.29. The summed E-state index contributed by atoms with van der Waals surface area (Å²) in [4.78, 5) is 18.2. The molecule has 1 aliphatic rings. The number of hydrogen-bond acceptors (Lipinski definition) is 3. The van der Waals surface area contributed by atoms with Crippen molar-refractivity contribution in [1.82, 2.24) is 10.6 Å². The Bertz CT molecular complexity index is 587. The molecule has 0 saturated carbocycles. The molecular formula is C19H30N4O2. The molecular weight excluding hydrogens is 316 g/mol. The number of ether oxygens (including phenoxy) is 1. The van der Waals surface area contributed by atoms with Gasteiger partial charge in [-0.1, -0.05) is 26.0 Å². The maximum Gasteiger partial charge on any atom is 0.265 e. The van der Waals surface area contributed by atoms with Crippen LogP contribution in [0.3, 0.4) is 0 Å². The van der Waals surface area contributed by atoms with Crippen molar-refractivity contribution < 1.29 is 9.53 Å². The number of rotatable bonds is 8. The number of hydrogen-bond donors (Lipinski definition) is 2. The first kappa shape index (κ1) is 19.1. The van der Waals surface area contributed by atoms with Gasteiger partial charge in [-0.05, 0) is 37.3 Å².